The molecule has 1 aromatic heterocycles. The van der Waals surface area contributed by atoms with Crippen molar-refractivity contribution in [1.29, 1.82) is 0 Å². The van der Waals surface area contributed by atoms with E-state index >= 15 is 0 Å². The van der Waals surface area contributed by atoms with Crippen molar-refractivity contribution in [2.75, 3.05) is 39.8 Å². The molecule has 3 fully saturated rings. The smallest absolute Gasteiger partial charge is 0.193 e. The molecule has 2 unspecified atom stereocenters. The first kappa shape index (κ1) is 20.1. The topological polar surface area (TPSA) is 43.8 Å². The van der Waals surface area contributed by atoms with Gasteiger partial charge in [0.2, 0.25) is 0 Å². The van der Waals surface area contributed by atoms with Gasteiger partial charge in [-0.2, -0.15) is 0 Å². The summed E-state index contributed by atoms with van der Waals surface area (Å²) in [5.74, 6) is 3.73. The van der Waals surface area contributed by atoms with Crippen LogP contribution < -0.4 is 5.32 Å². The van der Waals surface area contributed by atoms with Crippen LogP contribution in [0.3, 0.4) is 0 Å². The average molecular weight is 404 g/mol. The fourth-order valence-corrected chi connectivity index (χ4v) is 6.04. The molecule has 3 heterocycles. The molecule has 0 spiro atoms. The van der Waals surface area contributed by atoms with Gasteiger partial charge in [0.1, 0.15) is 0 Å². The van der Waals surface area contributed by atoms with Gasteiger partial charge in [0.05, 0.1) is 10.7 Å². The van der Waals surface area contributed by atoms with Crippen molar-refractivity contribution in [2.45, 2.75) is 58.4 Å². The monoisotopic (exact) mass is 403 g/mol. The minimum Gasteiger partial charge on any atom is -0.356 e. The number of guanidine groups is 1. The third-order valence-corrected chi connectivity index (χ3v) is 8.07. The lowest BCUT2D eigenvalue weighted by atomic mass is 9.82. The molecule has 2 saturated heterocycles. The Morgan fingerprint density at radius 2 is 1.89 bits per heavy atom. The Kier molecular flexibility index (Phi) is 6.89. The molecule has 2 atom stereocenters. The minimum atomic E-state index is 0.763. The quantitative estimate of drug-likeness (QED) is 0.602. The molecule has 1 saturated carbocycles. The lowest BCUT2D eigenvalue weighted by molar-refractivity contribution is 0.176. The Balaban J connectivity index is 1.19. The average Bonchev–Trinajstić information content (AvgIpc) is 3.36. The number of likely N-dealkylation sites (tertiary alicyclic amines) is 2. The molecule has 0 radical (unpaired) electrons. The molecular formula is C22H37N5S. The van der Waals surface area contributed by atoms with E-state index in [0.717, 1.165) is 43.2 Å². The fourth-order valence-electron chi connectivity index (χ4n) is 5.31. The number of fused-ring (bicyclic) bond motifs is 1. The SMILES string of the molecule is CCc1nc(CN2CCC(CNC(=NC)N3CC4CCCCC4C3)CC2)cs1. The zero-order chi connectivity index (χ0) is 19.3. The van der Waals surface area contributed by atoms with Crippen molar-refractivity contribution < 1.29 is 0 Å². The van der Waals surface area contributed by atoms with Crippen LogP contribution in [0.1, 0.15) is 56.2 Å². The van der Waals surface area contributed by atoms with Gasteiger partial charge in [0.15, 0.2) is 5.96 Å². The molecule has 5 nitrogen and oxygen atoms in total. The molecule has 156 valence electrons. The molecule has 2 aliphatic heterocycles. The highest BCUT2D eigenvalue weighted by atomic mass is 32.1. The summed E-state index contributed by atoms with van der Waals surface area (Å²) < 4.78 is 0. The Hall–Kier alpha value is -1.14. The number of hydrogen-bond acceptors (Lipinski definition) is 4. The molecule has 0 bridgehead atoms. The van der Waals surface area contributed by atoms with E-state index in [4.69, 9.17) is 4.98 Å². The summed E-state index contributed by atoms with van der Waals surface area (Å²) in [6, 6.07) is 0. The van der Waals surface area contributed by atoms with Crippen molar-refractivity contribution >= 4 is 17.3 Å². The van der Waals surface area contributed by atoms with Crippen LogP contribution in [0, 0.1) is 17.8 Å². The second kappa shape index (κ2) is 9.57. The zero-order valence-corrected chi connectivity index (χ0v) is 18.5. The molecule has 1 N–H and O–H groups in total. The van der Waals surface area contributed by atoms with E-state index in [2.05, 4.69) is 32.4 Å². The van der Waals surface area contributed by atoms with E-state index in [1.54, 1.807) is 11.3 Å². The summed E-state index contributed by atoms with van der Waals surface area (Å²) in [6.07, 6.45) is 9.32. The van der Waals surface area contributed by atoms with Gasteiger partial charge >= 0.3 is 0 Å². The highest BCUT2D eigenvalue weighted by Gasteiger charge is 2.35. The van der Waals surface area contributed by atoms with Gasteiger partial charge in [-0.1, -0.05) is 19.8 Å². The van der Waals surface area contributed by atoms with Crippen molar-refractivity contribution in [3.05, 3.63) is 16.1 Å². The second-order valence-electron chi connectivity index (χ2n) is 8.94. The van der Waals surface area contributed by atoms with Crippen molar-refractivity contribution in [3.8, 4) is 0 Å². The van der Waals surface area contributed by atoms with Crippen LogP contribution in [0.2, 0.25) is 0 Å². The summed E-state index contributed by atoms with van der Waals surface area (Å²) in [6.45, 7) is 9.10. The van der Waals surface area contributed by atoms with Gasteiger partial charge in [-0.15, -0.1) is 11.3 Å². The Morgan fingerprint density at radius 1 is 1.18 bits per heavy atom. The number of piperidine rings is 1. The minimum absolute atomic E-state index is 0.763. The largest absolute Gasteiger partial charge is 0.356 e. The van der Waals surface area contributed by atoms with Crippen LogP contribution in [0.4, 0.5) is 0 Å². The van der Waals surface area contributed by atoms with Crippen LogP contribution >= 0.6 is 11.3 Å². The summed E-state index contributed by atoms with van der Waals surface area (Å²) in [4.78, 5) is 14.4. The van der Waals surface area contributed by atoms with E-state index in [-0.39, 0.29) is 0 Å². The third kappa shape index (κ3) is 4.88. The summed E-state index contributed by atoms with van der Waals surface area (Å²) >= 11 is 1.81. The molecule has 28 heavy (non-hydrogen) atoms. The van der Waals surface area contributed by atoms with E-state index in [1.807, 2.05) is 7.05 Å². The summed E-state index contributed by atoms with van der Waals surface area (Å²) in [5.41, 5.74) is 1.26. The van der Waals surface area contributed by atoms with E-state index in [0.29, 0.717) is 0 Å². The Bertz CT molecular complexity index is 635. The molecule has 3 aliphatic rings. The molecular weight excluding hydrogens is 366 g/mol. The molecule has 4 rings (SSSR count). The zero-order valence-electron chi connectivity index (χ0n) is 17.7. The number of aryl methyl sites for hydroxylation is 1. The number of rotatable bonds is 5. The van der Waals surface area contributed by atoms with Crippen LogP contribution in [0.5, 0.6) is 0 Å². The van der Waals surface area contributed by atoms with Crippen molar-refractivity contribution in [3.63, 3.8) is 0 Å². The van der Waals surface area contributed by atoms with Crippen molar-refractivity contribution in [1.82, 2.24) is 20.1 Å². The molecule has 0 amide bonds. The Morgan fingerprint density at radius 3 is 2.50 bits per heavy atom. The molecule has 0 aromatic carbocycles. The predicted octanol–water partition coefficient (Wildman–Crippen LogP) is 3.61. The highest BCUT2D eigenvalue weighted by Crippen LogP contribution is 2.36. The summed E-state index contributed by atoms with van der Waals surface area (Å²) in [5, 5.41) is 7.22. The van der Waals surface area contributed by atoms with E-state index in [1.165, 1.54) is 75.4 Å². The lowest BCUT2D eigenvalue weighted by Gasteiger charge is -2.32. The maximum Gasteiger partial charge on any atom is 0.193 e. The number of nitrogens with zero attached hydrogens (tertiary/aromatic N) is 4. The van der Waals surface area contributed by atoms with Crippen LogP contribution in [-0.2, 0) is 13.0 Å². The number of aliphatic imine (C=N–C) groups is 1. The first-order valence-electron chi connectivity index (χ1n) is 11.4. The van der Waals surface area contributed by atoms with Gasteiger partial charge in [0.25, 0.3) is 0 Å². The van der Waals surface area contributed by atoms with Gasteiger partial charge in [-0.05, 0) is 62.9 Å². The molecule has 1 aliphatic carbocycles. The van der Waals surface area contributed by atoms with Gasteiger partial charge in [-0.25, -0.2) is 4.98 Å². The normalized spacial score (nSPS) is 27.2. The maximum absolute atomic E-state index is 4.73. The summed E-state index contributed by atoms with van der Waals surface area (Å²) in [7, 11) is 1.95. The van der Waals surface area contributed by atoms with Crippen LogP contribution in [0.15, 0.2) is 10.4 Å². The number of hydrogen-bond donors (Lipinski definition) is 1. The van der Waals surface area contributed by atoms with Crippen LogP contribution in [-0.4, -0.2) is 60.5 Å². The van der Waals surface area contributed by atoms with Gasteiger partial charge < -0.3 is 10.2 Å². The first-order chi connectivity index (χ1) is 13.7. The number of nitrogens with one attached hydrogen (secondary N) is 1. The molecule has 1 aromatic rings. The standard InChI is InChI=1S/C22H37N5S/c1-3-21-25-20(16-28-21)15-26-10-8-17(9-11-26)12-24-22(23-2)27-13-18-6-4-5-7-19(18)14-27/h16-19H,3-15H2,1-2H3,(H,23,24). The van der Waals surface area contributed by atoms with Crippen molar-refractivity contribution in [2.24, 2.45) is 22.7 Å². The molecule has 6 heteroatoms. The number of thiazole rings is 1. The highest BCUT2D eigenvalue weighted by molar-refractivity contribution is 7.09. The maximum atomic E-state index is 4.73. The predicted molar refractivity (Wildman–Crippen MR) is 118 cm³/mol. The Labute approximate surface area is 174 Å². The lowest BCUT2D eigenvalue weighted by Crippen LogP contribution is -2.44. The van der Waals surface area contributed by atoms with Crippen LogP contribution in [0.25, 0.3) is 0 Å². The van der Waals surface area contributed by atoms with Gasteiger partial charge in [-0.3, -0.25) is 9.89 Å². The fraction of sp³-hybridized carbons (Fsp3) is 0.818. The van der Waals surface area contributed by atoms with E-state index < -0.39 is 0 Å². The number of aromatic nitrogens is 1. The van der Waals surface area contributed by atoms with E-state index in [9.17, 15) is 0 Å². The second-order valence-corrected chi connectivity index (χ2v) is 9.89. The third-order valence-electron chi connectivity index (χ3n) is 7.03. The van der Waals surface area contributed by atoms with Gasteiger partial charge in [0, 0.05) is 38.6 Å². The first-order valence-corrected chi connectivity index (χ1v) is 12.2.